The molecule has 0 saturated heterocycles. The molecule has 3 N–H and O–H groups in total. The highest BCUT2D eigenvalue weighted by Gasteiger charge is 2.09. The van der Waals surface area contributed by atoms with Crippen molar-refractivity contribution in [3.63, 3.8) is 0 Å². The Morgan fingerprint density at radius 2 is 1.74 bits per heavy atom. The lowest BCUT2D eigenvalue weighted by Gasteiger charge is -2.10. The predicted octanol–water partition coefficient (Wildman–Crippen LogP) is 3.49. The van der Waals surface area contributed by atoms with Gasteiger partial charge in [-0.3, -0.25) is 0 Å². The summed E-state index contributed by atoms with van der Waals surface area (Å²) < 4.78 is 27.9. The number of halogens is 2. The summed E-state index contributed by atoms with van der Waals surface area (Å²) in [5, 5.41) is 7.24. The Kier molecular flexibility index (Phi) is 3.69. The Hall–Kier alpha value is -2.96. The van der Waals surface area contributed by atoms with Crippen molar-refractivity contribution in [3.05, 3.63) is 59.4 Å². The molecule has 0 radical (unpaired) electrons. The molecule has 1 heterocycles. The van der Waals surface area contributed by atoms with Gasteiger partial charge in [0.25, 0.3) is 0 Å². The van der Waals surface area contributed by atoms with Crippen LogP contribution in [-0.4, -0.2) is 14.8 Å². The van der Waals surface area contributed by atoms with Crippen molar-refractivity contribution >= 4 is 17.3 Å². The Balaban J connectivity index is 1.91. The van der Waals surface area contributed by atoms with Crippen LogP contribution in [0.15, 0.2) is 36.7 Å². The highest BCUT2D eigenvalue weighted by atomic mass is 19.1. The predicted molar refractivity (Wildman–Crippen MR) is 84.9 cm³/mol. The third kappa shape index (κ3) is 3.13. The number of rotatable bonds is 3. The summed E-state index contributed by atoms with van der Waals surface area (Å²) in [4.78, 5) is 4.10. The number of aromatic nitrogens is 3. The van der Waals surface area contributed by atoms with Gasteiger partial charge in [-0.25, -0.2) is 13.5 Å². The van der Waals surface area contributed by atoms with Crippen molar-refractivity contribution in [2.45, 2.75) is 13.8 Å². The van der Waals surface area contributed by atoms with Crippen LogP contribution >= 0.6 is 0 Å². The van der Waals surface area contributed by atoms with Crippen LogP contribution in [0.2, 0.25) is 0 Å². The molecule has 0 aliphatic carbocycles. The molecule has 0 fully saturated rings. The Morgan fingerprint density at radius 1 is 1.04 bits per heavy atom. The summed E-state index contributed by atoms with van der Waals surface area (Å²) in [6.07, 6.45) is 1.38. The van der Waals surface area contributed by atoms with Crippen LogP contribution in [0.1, 0.15) is 11.1 Å². The van der Waals surface area contributed by atoms with Gasteiger partial charge in [0.2, 0.25) is 5.95 Å². The van der Waals surface area contributed by atoms with Crippen LogP contribution < -0.4 is 11.1 Å². The van der Waals surface area contributed by atoms with Gasteiger partial charge >= 0.3 is 0 Å². The maximum Gasteiger partial charge on any atom is 0.246 e. The molecule has 0 saturated carbocycles. The van der Waals surface area contributed by atoms with Crippen molar-refractivity contribution < 1.29 is 8.78 Å². The molecule has 7 heteroatoms. The Bertz CT molecular complexity index is 853. The first-order valence-corrected chi connectivity index (χ1v) is 6.94. The second-order valence-electron chi connectivity index (χ2n) is 5.28. The van der Waals surface area contributed by atoms with E-state index < -0.39 is 11.6 Å². The van der Waals surface area contributed by atoms with E-state index in [0.29, 0.717) is 11.6 Å². The zero-order chi connectivity index (χ0) is 16.6. The topological polar surface area (TPSA) is 68.8 Å². The molecule has 0 bridgehead atoms. The smallest absolute Gasteiger partial charge is 0.246 e. The van der Waals surface area contributed by atoms with E-state index in [0.717, 1.165) is 22.9 Å². The normalized spacial score (nSPS) is 10.8. The first kappa shape index (κ1) is 15.0. The molecule has 0 unspecified atom stereocenters. The van der Waals surface area contributed by atoms with E-state index in [1.165, 1.54) is 23.1 Å². The van der Waals surface area contributed by atoms with Crippen LogP contribution in [0.25, 0.3) is 5.69 Å². The first-order chi connectivity index (χ1) is 10.9. The summed E-state index contributed by atoms with van der Waals surface area (Å²) in [7, 11) is 0. The van der Waals surface area contributed by atoms with E-state index in [-0.39, 0.29) is 5.69 Å². The standard InChI is InChI=1S/C16H15F2N5/c1-9-3-13(19)7-15(10(9)2)21-16-20-8-23(22-16)14-5-11(17)4-12(18)6-14/h3-8H,19H2,1-2H3,(H,21,22). The van der Waals surface area contributed by atoms with Gasteiger partial charge in [-0.15, -0.1) is 5.10 Å². The van der Waals surface area contributed by atoms with E-state index in [1.54, 1.807) is 6.07 Å². The molecule has 1 aromatic heterocycles. The molecule has 2 aromatic carbocycles. The van der Waals surface area contributed by atoms with Crippen molar-refractivity contribution in [3.8, 4) is 5.69 Å². The Labute approximate surface area is 131 Å². The quantitative estimate of drug-likeness (QED) is 0.726. The number of nitrogens with one attached hydrogen (secondary N) is 1. The lowest BCUT2D eigenvalue weighted by atomic mass is 10.1. The number of hydrogen-bond donors (Lipinski definition) is 2. The molecule has 118 valence electrons. The van der Waals surface area contributed by atoms with Crippen molar-refractivity contribution in [1.29, 1.82) is 0 Å². The number of hydrogen-bond acceptors (Lipinski definition) is 4. The van der Waals surface area contributed by atoms with Crippen molar-refractivity contribution in [2.24, 2.45) is 0 Å². The minimum absolute atomic E-state index is 0.253. The maximum absolute atomic E-state index is 13.3. The van der Waals surface area contributed by atoms with E-state index in [1.807, 2.05) is 19.9 Å². The summed E-state index contributed by atoms with van der Waals surface area (Å²) in [6, 6.07) is 6.82. The van der Waals surface area contributed by atoms with E-state index in [2.05, 4.69) is 15.4 Å². The van der Waals surface area contributed by atoms with Crippen molar-refractivity contribution in [1.82, 2.24) is 14.8 Å². The SMILES string of the molecule is Cc1cc(N)cc(Nc2ncn(-c3cc(F)cc(F)c3)n2)c1C. The fourth-order valence-corrected chi connectivity index (χ4v) is 2.25. The number of nitrogen functional groups attached to an aromatic ring is 1. The van der Waals surface area contributed by atoms with Gasteiger partial charge < -0.3 is 11.1 Å². The largest absolute Gasteiger partial charge is 0.399 e. The average molecular weight is 315 g/mol. The second-order valence-corrected chi connectivity index (χ2v) is 5.28. The fraction of sp³-hybridized carbons (Fsp3) is 0.125. The van der Waals surface area contributed by atoms with Gasteiger partial charge in [-0.1, -0.05) is 0 Å². The van der Waals surface area contributed by atoms with Gasteiger partial charge in [-0.05, 0) is 49.2 Å². The molecular weight excluding hydrogens is 300 g/mol. The summed E-state index contributed by atoms with van der Waals surface area (Å²) in [6.45, 7) is 3.91. The molecule has 23 heavy (non-hydrogen) atoms. The van der Waals surface area contributed by atoms with Gasteiger partial charge in [0.1, 0.15) is 18.0 Å². The fourth-order valence-electron chi connectivity index (χ4n) is 2.25. The minimum atomic E-state index is -0.674. The lowest BCUT2D eigenvalue weighted by Crippen LogP contribution is -2.01. The summed E-state index contributed by atoms with van der Waals surface area (Å²) in [5.41, 5.74) is 9.57. The molecular formula is C16H15F2N5. The zero-order valence-electron chi connectivity index (χ0n) is 12.6. The average Bonchev–Trinajstić information content (AvgIpc) is 2.92. The third-order valence-corrected chi connectivity index (χ3v) is 3.54. The number of anilines is 3. The lowest BCUT2D eigenvalue weighted by molar-refractivity contribution is 0.580. The first-order valence-electron chi connectivity index (χ1n) is 6.94. The van der Waals surface area contributed by atoms with Crippen LogP contribution in [-0.2, 0) is 0 Å². The molecule has 3 rings (SSSR count). The van der Waals surface area contributed by atoms with E-state index >= 15 is 0 Å². The summed E-state index contributed by atoms with van der Waals surface area (Å²) in [5.74, 6) is -1.04. The highest BCUT2D eigenvalue weighted by Crippen LogP contribution is 2.25. The van der Waals surface area contributed by atoms with Crippen LogP contribution in [0.5, 0.6) is 0 Å². The number of nitrogens with zero attached hydrogens (tertiary/aromatic N) is 3. The second kappa shape index (κ2) is 5.68. The van der Waals surface area contributed by atoms with Crippen LogP contribution in [0.4, 0.5) is 26.1 Å². The number of nitrogens with two attached hydrogens (primary N) is 1. The molecule has 0 atom stereocenters. The van der Waals surface area contributed by atoms with Gasteiger partial charge in [0.15, 0.2) is 0 Å². The maximum atomic E-state index is 13.3. The van der Waals surface area contributed by atoms with Crippen LogP contribution in [0, 0.1) is 25.5 Å². The number of aryl methyl sites for hydroxylation is 1. The van der Waals surface area contributed by atoms with E-state index in [9.17, 15) is 8.78 Å². The molecule has 0 spiro atoms. The monoisotopic (exact) mass is 315 g/mol. The zero-order valence-corrected chi connectivity index (χ0v) is 12.6. The van der Waals surface area contributed by atoms with Crippen molar-refractivity contribution in [2.75, 3.05) is 11.1 Å². The van der Waals surface area contributed by atoms with Gasteiger partial charge in [0, 0.05) is 17.4 Å². The minimum Gasteiger partial charge on any atom is -0.399 e. The molecule has 3 aromatic rings. The highest BCUT2D eigenvalue weighted by molar-refractivity contribution is 5.66. The van der Waals surface area contributed by atoms with Gasteiger partial charge in [0.05, 0.1) is 5.69 Å². The Morgan fingerprint density at radius 3 is 2.43 bits per heavy atom. The van der Waals surface area contributed by atoms with Gasteiger partial charge in [-0.2, -0.15) is 4.98 Å². The summed E-state index contributed by atoms with van der Waals surface area (Å²) >= 11 is 0. The van der Waals surface area contributed by atoms with E-state index in [4.69, 9.17) is 5.73 Å². The molecule has 0 aliphatic rings. The molecule has 5 nitrogen and oxygen atoms in total. The number of benzene rings is 2. The molecule has 0 amide bonds. The molecule has 0 aliphatic heterocycles. The third-order valence-electron chi connectivity index (χ3n) is 3.54. The van der Waals surface area contributed by atoms with Crippen LogP contribution in [0.3, 0.4) is 0 Å².